The Bertz CT molecular complexity index is 776. The zero-order chi connectivity index (χ0) is 18.0. The lowest BCUT2D eigenvalue weighted by Gasteiger charge is -2.20. The second kappa shape index (κ2) is 6.99. The minimum absolute atomic E-state index is 0.115. The van der Waals surface area contributed by atoms with Gasteiger partial charge >= 0.3 is 11.8 Å². The number of nitro groups is 1. The van der Waals surface area contributed by atoms with Gasteiger partial charge in [0.25, 0.3) is 0 Å². The fraction of sp³-hybridized carbons (Fsp3) is 0.375. The lowest BCUT2D eigenvalue weighted by atomic mass is 10.1. The summed E-state index contributed by atoms with van der Waals surface area (Å²) in [5, 5.41) is 12.7. The number of imidazole rings is 1. The first kappa shape index (κ1) is 17.1. The van der Waals surface area contributed by atoms with Crippen LogP contribution in [0.4, 0.5) is 5.82 Å². The van der Waals surface area contributed by atoms with Crippen LogP contribution in [0.15, 0.2) is 36.5 Å². The van der Waals surface area contributed by atoms with Gasteiger partial charge in [0.05, 0.1) is 20.7 Å². The van der Waals surface area contributed by atoms with E-state index in [-0.39, 0.29) is 5.82 Å². The zero-order valence-electron chi connectivity index (χ0n) is 13.9. The number of carbonyl (C=O) groups is 1. The van der Waals surface area contributed by atoms with E-state index in [0.29, 0.717) is 18.8 Å². The molecule has 0 spiro atoms. The molecule has 2 unspecified atom stereocenters. The summed E-state index contributed by atoms with van der Waals surface area (Å²) in [4.78, 5) is 32.4. The molecule has 2 aromatic rings. The number of hydrogen-bond donors (Lipinski definition) is 0. The molecule has 25 heavy (non-hydrogen) atoms. The molecular weight excluding hydrogens is 328 g/mol. The topological polar surface area (TPSA) is 99.7 Å². The third-order valence-corrected chi connectivity index (χ3v) is 4.18. The molecule has 1 aromatic heterocycles. The van der Waals surface area contributed by atoms with Crippen LogP contribution in [0.3, 0.4) is 0 Å². The average molecular weight is 346 g/mol. The molecule has 0 N–H and O–H groups in total. The smallest absolute Gasteiger partial charge is 0.342 e. The van der Waals surface area contributed by atoms with Crippen molar-refractivity contribution in [1.82, 2.24) is 14.6 Å². The van der Waals surface area contributed by atoms with Gasteiger partial charge in [-0.2, -0.15) is 5.06 Å². The van der Waals surface area contributed by atoms with E-state index in [1.807, 2.05) is 30.3 Å². The fourth-order valence-corrected chi connectivity index (χ4v) is 2.91. The first-order valence-electron chi connectivity index (χ1n) is 7.72. The number of carbonyl (C=O) groups excluding carboxylic acids is 1. The van der Waals surface area contributed by atoms with Crippen LogP contribution in [0, 0.1) is 10.1 Å². The number of benzene rings is 1. The van der Waals surface area contributed by atoms with Crippen molar-refractivity contribution >= 4 is 11.8 Å². The first-order chi connectivity index (χ1) is 12.0. The molecule has 1 saturated heterocycles. The average Bonchev–Trinajstić information content (AvgIpc) is 3.18. The molecule has 3 rings (SSSR count). The van der Waals surface area contributed by atoms with Crippen LogP contribution in [0.5, 0.6) is 0 Å². The van der Waals surface area contributed by atoms with Crippen molar-refractivity contribution in [1.29, 1.82) is 0 Å². The Morgan fingerprint density at radius 2 is 2.16 bits per heavy atom. The molecule has 9 heteroatoms. The number of aromatic nitrogens is 2. The largest absolute Gasteiger partial charge is 0.467 e. The van der Waals surface area contributed by atoms with E-state index in [2.05, 4.69) is 4.98 Å². The minimum atomic E-state index is -0.769. The first-order valence-corrected chi connectivity index (χ1v) is 7.72. The van der Waals surface area contributed by atoms with Crippen LogP contribution in [-0.4, -0.2) is 38.7 Å². The maximum atomic E-state index is 11.9. The van der Waals surface area contributed by atoms with Gasteiger partial charge in [-0.05, 0) is 10.5 Å². The Morgan fingerprint density at radius 1 is 1.44 bits per heavy atom. The van der Waals surface area contributed by atoms with Crippen LogP contribution in [0.25, 0.3) is 0 Å². The molecule has 0 bridgehead atoms. The molecule has 1 aliphatic heterocycles. The van der Waals surface area contributed by atoms with Crippen molar-refractivity contribution in [3.05, 3.63) is 58.0 Å². The lowest BCUT2D eigenvalue weighted by molar-refractivity contribution is -0.391. The second-order valence-corrected chi connectivity index (χ2v) is 5.72. The fourth-order valence-electron chi connectivity index (χ4n) is 2.91. The Labute approximate surface area is 143 Å². The van der Waals surface area contributed by atoms with Crippen molar-refractivity contribution in [2.24, 2.45) is 7.05 Å². The molecule has 0 amide bonds. The Kier molecular flexibility index (Phi) is 4.77. The van der Waals surface area contributed by atoms with Gasteiger partial charge < -0.3 is 14.9 Å². The van der Waals surface area contributed by atoms with Gasteiger partial charge in [0.1, 0.15) is 12.2 Å². The summed E-state index contributed by atoms with van der Waals surface area (Å²) in [6.45, 7) is 0.416. The number of esters is 1. The summed E-state index contributed by atoms with van der Waals surface area (Å²) in [6.07, 6.45) is 0.748. The minimum Gasteiger partial charge on any atom is -0.467 e. The highest BCUT2D eigenvalue weighted by Gasteiger charge is 2.43. The van der Waals surface area contributed by atoms with Crippen molar-refractivity contribution in [2.75, 3.05) is 7.11 Å². The molecule has 0 saturated carbocycles. The van der Waals surface area contributed by atoms with Crippen molar-refractivity contribution in [3.8, 4) is 0 Å². The van der Waals surface area contributed by atoms with E-state index < -0.39 is 23.0 Å². The number of hydrogen-bond acceptors (Lipinski definition) is 7. The third kappa shape index (κ3) is 3.37. The highest BCUT2D eigenvalue weighted by Crippen LogP contribution is 2.36. The third-order valence-electron chi connectivity index (χ3n) is 4.18. The number of methoxy groups -OCH3 is 1. The van der Waals surface area contributed by atoms with E-state index in [1.54, 1.807) is 12.1 Å². The number of ether oxygens (including phenoxy) is 1. The van der Waals surface area contributed by atoms with Crippen molar-refractivity contribution in [2.45, 2.75) is 25.1 Å². The van der Waals surface area contributed by atoms with Gasteiger partial charge in [0.15, 0.2) is 6.10 Å². The predicted molar refractivity (Wildman–Crippen MR) is 86.1 cm³/mol. The van der Waals surface area contributed by atoms with Crippen molar-refractivity contribution in [3.63, 3.8) is 0 Å². The number of rotatable bonds is 5. The highest BCUT2D eigenvalue weighted by molar-refractivity contribution is 5.74. The normalized spacial score (nSPS) is 20.6. The van der Waals surface area contributed by atoms with Crippen LogP contribution >= 0.6 is 0 Å². The van der Waals surface area contributed by atoms with Crippen LogP contribution in [0.2, 0.25) is 0 Å². The van der Waals surface area contributed by atoms with Crippen LogP contribution in [-0.2, 0) is 28.0 Å². The monoisotopic (exact) mass is 346 g/mol. The summed E-state index contributed by atoms with van der Waals surface area (Å²) in [5.41, 5.74) is 0.988. The molecule has 2 atom stereocenters. The second-order valence-electron chi connectivity index (χ2n) is 5.72. The molecule has 0 aliphatic carbocycles. The Balaban J connectivity index is 1.90. The Morgan fingerprint density at radius 3 is 2.76 bits per heavy atom. The summed E-state index contributed by atoms with van der Waals surface area (Å²) < 4.78 is 6.17. The van der Waals surface area contributed by atoms with Gasteiger partial charge in [-0.25, -0.2) is 14.3 Å². The zero-order valence-corrected chi connectivity index (χ0v) is 13.9. The summed E-state index contributed by atoms with van der Waals surface area (Å²) in [6, 6.07) is 9.20. The Hall–Kier alpha value is -2.78. The molecule has 132 valence electrons. The summed E-state index contributed by atoms with van der Waals surface area (Å²) in [7, 11) is 2.87. The number of hydroxylamine groups is 2. The van der Waals surface area contributed by atoms with Crippen LogP contribution in [0.1, 0.15) is 23.9 Å². The van der Waals surface area contributed by atoms with Gasteiger partial charge in [0.2, 0.25) is 5.82 Å². The maximum Gasteiger partial charge on any atom is 0.342 e. The van der Waals surface area contributed by atoms with E-state index in [0.717, 1.165) is 5.56 Å². The molecule has 9 nitrogen and oxygen atoms in total. The number of nitrogens with zero attached hydrogens (tertiary/aromatic N) is 4. The predicted octanol–water partition coefficient (Wildman–Crippen LogP) is 1.75. The lowest BCUT2D eigenvalue weighted by Crippen LogP contribution is -2.26. The molecule has 1 aromatic carbocycles. The standard InChI is InChI=1S/C16H18N4O5/c1-18-14(20(22)23)9-17-15(18)12-8-13(16(21)24-2)25-19(12)10-11-6-4-3-5-7-11/h3-7,9,12-13H,8,10H2,1-2H3. The molecule has 1 fully saturated rings. The van der Waals surface area contributed by atoms with Gasteiger partial charge in [-0.3, -0.25) is 4.84 Å². The summed E-state index contributed by atoms with van der Waals surface area (Å²) in [5.74, 6) is -0.130. The van der Waals surface area contributed by atoms with E-state index in [4.69, 9.17) is 9.57 Å². The molecule has 0 radical (unpaired) electrons. The summed E-state index contributed by atoms with van der Waals surface area (Å²) >= 11 is 0. The van der Waals surface area contributed by atoms with E-state index in [9.17, 15) is 14.9 Å². The van der Waals surface area contributed by atoms with E-state index in [1.165, 1.54) is 17.9 Å². The molecular formula is C16H18N4O5. The van der Waals surface area contributed by atoms with Gasteiger partial charge in [0, 0.05) is 6.42 Å². The molecule has 2 heterocycles. The van der Waals surface area contributed by atoms with Crippen LogP contribution < -0.4 is 0 Å². The maximum absolute atomic E-state index is 11.9. The quantitative estimate of drug-likeness (QED) is 0.462. The van der Waals surface area contributed by atoms with Gasteiger partial charge in [-0.15, -0.1) is 0 Å². The molecule has 1 aliphatic rings. The van der Waals surface area contributed by atoms with E-state index >= 15 is 0 Å². The van der Waals surface area contributed by atoms with Gasteiger partial charge in [-0.1, -0.05) is 30.3 Å². The van der Waals surface area contributed by atoms with Crippen molar-refractivity contribution < 1.29 is 19.3 Å². The SMILES string of the molecule is COC(=O)C1CC(c2ncc([N+](=O)[O-])n2C)N(Cc2ccccc2)O1. The highest BCUT2D eigenvalue weighted by atomic mass is 16.7.